The maximum atomic E-state index is 13.3. The van der Waals surface area contributed by atoms with E-state index in [1.54, 1.807) is 24.4 Å². The molecule has 0 atom stereocenters. The van der Waals surface area contributed by atoms with Gasteiger partial charge >= 0.3 is 5.97 Å². The fourth-order valence-electron chi connectivity index (χ4n) is 3.60. The summed E-state index contributed by atoms with van der Waals surface area (Å²) in [7, 11) is 0. The number of anilines is 1. The number of thioether (sulfide) groups is 1. The molecule has 1 N–H and O–H groups in total. The summed E-state index contributed by atoms with van der Waals surface area (Å²) in [5.74, 6) is -0.813. The number of carboxylic acid groups (broad SMARTS) is 1. The number of nitrogens with zero attached hydrogens (tertiary/aromatic N) is 4. The topological polar surface area (TPSA) is 95.2 Å². The molecule has 0 radical (unpaired) electrons. The Morgan fingerprint density at radius 1 is 1.23 bits per heavy atom. The largest absolute Gasteiger partial charge is 0.481 e. The molecule has 0 spiro atoms. The highest BCUT2D eigenvalue weighted by atomic mass is 32.2. The number of piperidine rings is 1. The fourth-order valence-corrected chi connectivity index (χ4v) is 4.89. The van der Waals surface area contributed by atoms with Gasteiger partial charge in [-0.1, -0.05) is 30.0 Å². The van der Waals surface area contributed by atoms with Crippen LogP contribution in [-0.4, -0.2) is 55.2 Å². The molecule has 1 amide bonds. The van der Waals surface area contributed by atoms with Gasteiger partial charge in [-0.3, -0.25) is 23.7 Å². The Morgan fingerprint density at radius 3 is 2.73 bits per heavy atom. The number of aromatic nitrogens is 2. The Labute approximate surface area is 182 Å². The molecule has 30 heavy (non-hydrogen) atoms. The number of thiocarbonyl (C=S) groups is 1. The minimum atomic E-state index is -1.00. The standard InChI is InChI=1S/C20H20N4O4S2/c25-16(26)7-11-24-19(28)14(30-20(24)29)12-13-17(22-8-3-1-4-9-22)21-15-6-2-5-10-23(15)18(13)27/h2,5-6,10,12H,1,3-4,7-9,11H2,(H,25,26)/b14-12-. The number of aliphatic carboxylic acids is 1. The molecule has 0 saturated carbocycles. The van der Waals surface area contributed by atoms with Crippen LogP contribution in [0.4, 0.5) is 5.82 Å². The first-order valence-corrected chi connectivity index (χ1v) is 10.9. The molecule has 2 aliphatic rings. The maximum Gasteiger partial charge on any atom is 0.305 e. The van der Waals surface area contributed by atoms with Crippen LogP contribution in [0.15, 0.2) is 34.1 Å². The molecule has 2 fully saturated rings. The van der Waals surface area contributed by atoms with Crippen molar-refractivity contribution in [1.29, 1.82) is 0 Å². The van der Waals surface area contributed by atoms with Gasteiger partial charge in [0.1, 0.15) is 15.8 Å². The molecule has 0 aliphatic carbocycles. The van der Waals surface area contributed by atoms with Gasteiger partial charge < -0.3 is 10.0 Å². The van der Waals surface area contributed by atoms with Crippen LogP contribution in [0.5, 0.6) is 0 Å². The number of rotatable bonds is 5. The molecule has 2 aromatic rings. The van der Waals surface area contributed by atoms with E-state index in [4.69, 9.17) is 22.3 Å². The molecule has 8 nitrogen and oxygen atoms in total. The third kappa shape index (κ3) is 3.97. The van der Waals surface area contributed by atoms with Crippen LogP contribution in [0.25, 0.3) is 11.7 Å². The van der Waals surface area contributed by atoms with Crippen LogP contribution in [0, 0.1) is 0 Å². The maximum absolute atomic E-state index is 13.3. The van der Waals surface area contributed by atoms with Gasteiger partial charge in [0.25, 0.3) is 11.5 Å². The summed E-state index contributed by atoms with van der Waals surface area (Å²) in [6.45, 7) is 1.61. The number of pyridine rings is 1. The number of carbonyl (C=O) groups is 2. The average molecular weight is 445 g/mol. The number of hydrogen-bond donors (Lipinski definition) is 1. The SMILES string of the molecule is O=C(O)CCN1C(=O)/C(=C/c2c(N3CCCCC3)nc3ccccn3c2=O)SC1=S. The Hall–Kier alpha value is -2.72. The molecular formula is C20H20N4O4S2. The molecule has 10 heteroatoms. The van der Waals surface area contributed by atoms with Crippen LogP contribution in [0.3, 0.4) is 0 Å². The van der Waals surface area contributed by atoms with E-state index < -0.39 is 5.97 Å². The molecule has 0 bridgehead atoms. The van der Waals surface area contributed by atoms with Crippen LogP contribution in [0.1, 0.15) is 31.2 Å². The van der Waals surface area contributed by atoms with Gasteiger partial charge in [-0.15, -0.1) is 0 Å². The van der Waals surface area contributed by atoms with Gasteiger partial charge in [0.15, 0.2) is 0 Å². The van der Waals surface area contributed by atoms with Crippen molar-refractivity contribution in [2.24, 2.45) is 0 Å². The number of carboxylic acids is 1. The van der Waals surface area contributed by atoms with Gasteiger partial charge in [-0.05, 0) is 37.5 Å². The first-order valence-electron chi connectivity index (χ1n) is 9.69. The van der Waals surface area contributed by atoms with Gasteiger partial charge in [-0.2, -0.15) is 0 Å². The van der Waals surface area contributed by atoms with E-state index in [9.17, 15) is 14.4 Å². The van der Waals surface area contributed by atoms with Gasteiger partial charge in [-0.25, -0.2) is 4.98 Å². The summed E-state index contributed by atoms with van der Waals surface area (Å²) in [5, 5.41) is 8.90. The van der Waals surface area contributed by atoms with E-state index in [0.29, 0.717) is 26.3 Å². The summed E-state index contributed by atoms with van der Waals surface area (Å²) >= 11 is 6.33. The minimum absolute atomic E-state index is 0.00523. The lowest BCUT2D eigenvalue weighted by Gasteiger charge is -2.29. The number of amides is 1. The molecule has 156 valence electrons. The minimum Gasteiger partial charge on any atom is -0.481 e. The molecule has 2 aliphatic heterocycles. The van der Waals surface area contributed by atoms with E-state index in [2.05, 4.69) is 4.90 Å². The van der Waals surface area contributed by atoms with Gasteiger partial charge in [0, 0.05) is 25.8 Å². The second-order valence-electron chi connectivity index (χ2n) is 7.11. The van der Waals surface area contributed by atoms with Crippen LogP contribution in [-0.2, 0) is 9.59 Å². The lowest BCUT2D eigenvalue weighted by molar-refractivity contribution is -0.137. The number of hydrogen-bond acceptors (Lipinski definition) is 7. The third-order valence-corrected chi connectivity index (χ3v) is 6.48. The van der Waals surface area contributed by atoms with Gasteiger partial charge in [0.05, 0.1) is 16.9 Å². The highest BCUT2D eigenvalue weighted by Gasteiger charge is 2.33. The Bertz CT molecular complexity index is 1120. The summed E-state index contributed by atoms with van der Waals surface area (Å²) in [6, 6.07) is 5.37. The zero-order valence-corrected chi connectivity index (χ0v) is 17.7. The summed E-state index contributed by atoms with van der Waals surface area (Å²) in [6.07, 6.45) is 6.19. The summed E-state index contributed by atoms with van der Waals surface area (Å²) < 4.78 is 1.76. The lowest BCUT2D eigenvalue weighted by atomic mass is 10.1. The normalized spacial score (nSPS) is 18.6. The number of carbonyl (C=O) groups excluding carboxylic acids is 1. The summed E-state index contributed by atoms with van der Waals surface area (Å²) in [4.78, 5) is 45.3. The summed E-state index contributed by atoms with van der Waals surface area (Å²) in [5.41, 5.74) is 0.644. The van der Waals surface area contributed by atoms with Crippen molar-refractivity contribution in [1.82, 2.24) is 14.3 Å². The second-order valence-corrected chi connectivity index (χ2v) is 8.78. The molecule has 0 aromatic carbocycles. The quantitative estimate of drug-likeness (QED) is 0.555. The number of fused-ring (bicyclic) bond motifs is 1. The highest BCUT2D eigenvalue weighted by molar-refractivity contribution is 8.26. The molecule has 2 aromatic heterocycles. The van der Waals surface area contributed by atoms with Crippen molar-refractivity contribution in [3.05, 3.63) is 45.2 Å². The van der Waals surface area contributed by atoms with Crippen molar-refractivity contribution in [2.45, 2.75) is 25.7 Å². The molecule has 4 rings (SSSR count). The first-order chi connectivity index (χ1) is 14.5. The average Bonchev–Trinajstić information content (AvgIpc) is 3.01. The van der Waals surface area contributed by atoms with E-state index >= 15 is 0 Å². The molecule has 0 unspecified atom stereocenters. The van der Waals surface area contributed by atoms with Crippen LogP contribution < -0.4 is 10.5 Å². The zero-order valence-electron chi connectivity index (χ0n) is 16.1. The second kappa shape index (κ2) is 8.57. The van der Waals surface area contributed by atoms with Gasteiger partial charge in [0.2, 0.25) is 0 Å². The van der Waals surface area contributed by atoms with Crippen molar-refractivity contribution in [2.75, 3.05) is 24.5 Å². The Kier molecular flexibility index (Phi) is 5.87. The van der Waals surface area contributed by atoms with E-state index in [-0.39, 0.29) is 24.4 Å². The van der Waals surface area contributed by atoms with Crippen LogP contribution in [0.2, 0.25) is 0 Å². The Balaban J connectivity index is 1.78. The predicted octanol–water partition coefficient (Wildman–Crippen LogP) is 2.36. The van der Waals surface area contributed by atoms with Crippen molar-refractivity contribution in [3.63, 3.8) is 0 Å². The molecule has 4 heterocycles. The first kappa shape index (κ1) is 20.5. The lowest BCUT2D eigenvalue weighted by Crippen LogP contribution is -2.33. The molecule has 2 saturated heterocycles. The smallest absolute Gasteiger partial charge is 0.305 e. The third-order valence-electron chi connectivity index (χ3n) is 5.10. The van der Waals surface area contributed by atoms with Crippen molar-refractivity contribution in [3.8, 4) is 0 Å². The van der Waals surface area contributed by atoms with Crippen molar-refractivity contribution < 1.29 is 14.7 Å². The zero-order chi connectivity index (χ0) is 21.3. The predicted molar refractivity (Wildman–Crippen MR) is 120 cm³/mol. The van der Waals surface area contributed by atoms with Crippen molar-refractivity contribution >= 4 is 57.7 Å². The van der Waals surface area contributed by atoms with E-state index in [1.807, 2.05) is 6.07 Å². The highest BCUT2D eigenvalue weighted by Crippen LogP contribution is 2.34. The monoisotopic (exact) mass is 444 g/mol. The fraction of sp³-hybridized carbons (Fsp3) is 0.350. The Morgan fingerprint density at radius 2 is 2.00 bits per heavy atom. The molecular weight excluding hydrogens is 424 g/mol. The van der Waals surface area contributed by atoms with E-state index in [0.717, 1.165) is 44.1 Å². The van der Waals surface area contributed by atoms with Crippen LogP contribution >= 0.6 is 24.0 Å². The van der Waals surface area contributed by atoms with E-state index in [1.165, 1.54) is 9.30 Å².